The Hall–Kier alpha value is -3.15. The molecular weight excluding hydrogens is 410 g/mol. The van der Waals surface area contributed by atoms with Gasteiger partial charge in [-0.1, -0.05) is 5.16 Å². The molecule has 0 aliphatic rings. The summed E-state index contributed by atoms with van der Waals surface area (Å²) in [7, 11) is 0. The van der Waals surface area contributed by atoms with Gasteiger partial charge >= 0.3 is 17.6 Å². The molecule has 0 atom stereocenters. The monoisotopic (exact) mass is 421 g/mol. The van der Waals surface area contributed by atoms with E-state index in [9.17, 15) is 14.9 Å². The summed E-state index contributed by atoms with van der Waals surface area (Å²) in [6, 6.07) is 3.54. The van der Waals surface area contributed by atoms with E-state index in [1.165, 1.54) is 4.68 Å². The van der Waals surface area contributed by atoms with Crippen LogP contribution in [0.3, 0.4) is 0 Å². The van der Waals surface area contributed by atoms with Gasteiger partial charge in [-0.05, 0) is 45.5 Å². The summed E-state index contributed by atoms with van der Waals surface area (Å²) in [5.74, 6) is -0.856. The lowest BCUT2D eigenvalue weighted by Gasteiger charge is -2.01. The van der Waals surface area contributed by atoms with Crippen LogP contribution >= 0.6 is 15.9 Å². The molecule has 26 heavy (non-hydrogen) atoms. The molecule has 11 nitrogen and oxygen atoms in total. The third kappa shape index (κ3) is 3.74. The summed E-state index contributed by atoms with van der Waals surface area (Å²) < 4.78 is 6.57. The first kappa shape index (κ1) is 17.7. The molecule has 0 spiro atoms. The molecular formula is C14H12BrN7O4. The second-order valence-corrected chi connectivity index (χ2v) is 5.98. The summed E-state index contributed by atoms with van der Waals surface area (Å²) in [4.78, 5) is 30.3. The van der Waals surface area contributed by atoms with Crippen molar-refractivity contribution in [2.24, 2.45) is 0 Å². The van der Waals surface area contributed by atoms with Crippen LogP contribution in [-0.2, 0) is 13.1 Å². The molecule has 0 saturated heterocycles. The zero-order chi connectivity index (χ0) is 18.7. The molecule has 3 heterocycles. The molecule has 134 valence electrons. The maximum Gasteiger partial charge on any atom is 0.404 e. The van der Waals surface area contributed by atoms with Crippen molar-refractivity contribution in [2.75, 3.05) is 0 Å². The summed E-state index contributed by atoms with van der Waals surface area (Å²) >= 11 is 3.13. The normalized spacial score (nSPS) is 10.7. The summed E-state index contributed by atoms with van der Waals surface area (Å²) in [5, 5.41) is 21.2. The fourth-order valence-electron chi connectivity index (χ4n) is 2.08. The molecule has 0 bridgehead atoms. The highest BCUT2D eigenvalue weighted by molar-refractivity contribution is 9.10. The van der Waals surface area contributed by atoms with E-state index in [0.717, 1.165) is 5.56 Å². The SMILES string of the molecule is Cc1c(Br)c([N+](=O)[O-])nn1Cc1noc(C(=O)NCc2ccncc2)n1. The molecule has 0 aliphatic carbocycles. The number of amides is 1. The lowest BCUT2D eigenvalue weighted by Crippen LogP contribution is -2.23. The van der Waals surface area contributed by atoms with E-state index in [0.29, 0.717) is 5.69 Å². The number of carbonyl (C=O) groups excluding carboxylic acids is 1. The number of hydrogen-bond acceptors (Lipinski definition) is 8. The van der Waals surface area contributed by atoms with Crippen LogP contribution in [0.25, 0.3) is 0 Å². The fraction of sp³-hybridized carbons (Fsp3) is 0.214. The molecule has 0 saturated carbocycles. The Bertz CT molecular complexity index is 954. The van der Waals surface area contributed by atoms with E-state index < -0.39 is 10.8 Å². The Labute approximate surface area is 154 Å². The zero-order valence-electron chi connectivity index (χ0n) is 13.4. The van der Waals surface area contributed by atoms with Crippen molar-refractivity contribution in [1.82, 2.24) is 30.2 Å². The number of nitrogens with zero attached hydrogens (tertiary/aromatic N) is 6. The third-order valence-electron chi connectivity index (χ3n) is 3.45. The number of halogens is 1. The number of pyridine rings is 1. The zero-order valence-corrected chi connectivity index (χ0v) is 15.0. The van der Waals surface area contributed by atoms with E-state index in [4.69, 9.17) is 4.52 Å². The Morgan fingerprint density at radius 3 is 2.81 bits per heavy atom. The minimum atomic E-state index is -0.595. The number of carbonyl (C=O) groups is 1. The van der Waals surface area contributed by atoms with E-state index in [2.05, 4.69) is 41.5 Å². The molecule has 0 radical (unpaired) electrons. The second kappa shape index (κ2) is 7.39. The van der Waals surface area contributed by atoms with Crippen LogP contribution in [0.2, 0.25) is 0 Å². The van der Waals surface area contributed by atoms with Gasteiger partial charge in [0.05, 0.1) is 10.8 Å². The quantitative estimate of drug-likeness (QED) is 0.467. The number of aromatic nitrogens is 5. The van der Waals surface area contributed by atoms with Crippen LogP contribution < -0.4 is 5.32 Å². The molecule has 3 aromatic heterocycles. The van der Waals surface area contributed by atoms with E-state index >= 15 is 0 Å². The summed E-state index contributed by atoms with van der Waals surface area (Å²) in [6.45, 7) is 1.97. The number of hydrogen-bond donors (Lipinski definition) is 1. The van der Waals surface area contributed by atoms with Crippen molar-refractivity contribution in [2.45, 2.75) is 20.0 Å². The second-order valence-electron chi connectivity index (χ2n) is 5.19. The number of rotatable bonds is 6. The van der Waals surface area contributed by atoms with Crippen LogP contribution in [0.1, 0.15) is 27.8 Å². The largest absolute Gasteiger partial charge is 0.404 e. The maximum absolute atomic E-state index is 12.1. The van der Waals surface area contributed by atoms with Crippen LogP contribution in [0, 0.1) is 17.0 Å². The van der Waals surface area contributed by atoms with Gasteiger partial charge in [-0.2, -0.15) is 9.67 Å². The van der Waals surface area contributed by atoms with Crippen LogP contribution in [0.15, 0.2) is 33.5 Å². The Morgan fingerprint density at radius 1 is 1.42 bits per heavy atom. The predicted octanol–water partition coefficient (Wildman–Crippen LogP) is 1.62. The maximum atomic E-state index is 12.1. The summed E-state index contributed by atoms with van der Waals surface area (Å²) in [5.41, 5.74) is 1.41. The van der Waals surface area contributed by atoms with Gasteiger partial charge in [-0.25, -0.2) is 0 Å². The standard InChI is InChI=1S/C14H12BrN7O4/c1-8-11(15)12(22(24)25)19-21(8)7-10-18-14(26-20-10)13(23)17-6-9-2-4-16-5-3-9/h2-5H,6-7H2,1H3,(H,17,23). The molecule has 0 fully saturated rings. The van der Waals surface area contributed by atoms with Gasteiger partial charge in [-0.3, -0.25) is 9.78 Å². The Balaban J connectivity index is 1.67. The molecule has 3 rings (SSSR count). The molecule has 3 aromatic rings. The van der Waals surface area contributed by atoms with Gasteiger partial charge in [0.1, 0.15) is 11.0 Å². The predicted molar refractivity (Wildman–Crippen MR) is 90.1 cm³/mol. The molecule has 1 amide bonds. The third-order valence-corrected chi connectivity index (χ3v) is 4.37. The lowest BCUT2D eigenvalue weighted by atomic mass is 10.3. The van der Waals surface area contributed by atoms with Crippen molar-refractivity contribution in [3.05, 3.63) is 62.1 Å². The Kier molecular flexibility index (Phi) is 5.02. The average Bonchev–Trinajstić information content (AvgIpc) is 3.21. The van der Waals surface area contributed by atoms with Gasteiger partial charge in [0, 0.05) is 18.9 Å². The summed E-state index contributed by atoms with van der Waals surface area (Å²) in [6.07, 6.45) is 3.24. The highest BCUT2D eigenvalue weighted by atomic mass is 79.9. The molecule has 1 N–H and O–H groups in total. The smallest absolute Gasteiger partial charge is 0.358 e. The first-order chi connectivity index (χ1) is 12.5. The first-order valence-electron chi connectivity index (χ1n) is 7.32. The molecule has 0 aromatic carbocycles. The minimum Gasteiger partial charge on any atom is -0.358 e. The van der Waals surface area contributed by atoms with Crippen molar-refractivity contribution < 1.29 is 14.2 Å². The first-order valence-corrected chi connectivity index (χ1v) is 8.12. The fourth-order valence-corrected chi connectivity index (χ4v) is 2.51. The highest BCUT2D eigenvalue weighted by Gasteiger charge is 2.25. The van der Waals surface area contributed by atoms with Gasteiger partial charge in [0.2, 0.25) is 0 Å². The van der Waals surface area contributed by atoms with E-state index in [1.807, 2.05) is 0 Å². The topological polar surface area (TPSA) is 142 Å². The van der Waals surface area contributed by atoms with Gasteiger partial charge in [0.15, 0.2) is 5.82 Å². The molecule has 12 heteroatoms. The lowest BCUT2D eigenvalue weighted by molar-refractivity contribution is -0.390. The average molecular weight is 422 g/mol. The molecule has 0 aliphatic heterocycles. The van der Waals surface area contributed by atoms with Crippen molar-refractivity contribution in [3.8, 4) is 0 Å². The van der Waals surface area contributed by atoms with Crippen molar-refractivity contribution >= 4 is 27.7 Å². The Morgan fingerprint density at radius 2 is 2.15 bits per heavy atom. The van der Waals surface area contributed by atoms with Gasteiger partial charge in [0.25, 0.3) is 0 Å². The van der Waals surface area contributed by atoms with Crippen LogP contribution in [0.4, 0.5) is 5.82 Å². The molecule has 0 unspecified atom stereocenters. The number of nitrogens with one attached hydrogen (secondary N) is 1. The van der Waals surface area contributed by atoms with Gasteiger partial charge < -0.3 is 20.0 Å². The van der Waals surface area contributed by atoms with E-state index in [-0.39, 0.29) is 35.1 Å². The van der Waals surface area contributed by atoms with Crippen molar-refractivity contribution in [1.29, 1.82) is 0 Å². The van der Waals surface area contributed by atoms with Crippen molar-refractivity contribution in [3.63, 3.8) is 0 Å². The minimum absolute atomic E-state index is 0.0272. The van der Waals surface area contributed by atoms with Crippen LogP contribution in [0.5, 0.6) is 0 Å². The number of nitro groups is 1. The van der Waals surface area contributed by atoms with Crippen LogP contribution in [-0.4, -0.2) is 35.7 Å². The van der Waals surface area contributed by atoms with Gasteiger partial charge in [-0.15, -0.1) is 0 Å². The van der Waals surface area contributed by atoms with E-state index in [1.54, 1.807) is 31.5 Å². The highest BCUT2D eigenvalue weighted by Crippen LogP contribution is 2.27.